The predicted octanol–water partition coefficient (Wildman–Crippen LogP) is 12.6. The van der Waals surface area contributed by atoms with Gasteiger partial charge >= 0.3 is 0 Å². The van der Waals surface area contributed by atoms with Gasteiger partial charge in [-0.1, -0.05) is 151 Å². The molecule has 0 amide bonds. The molecule has 45 heavy (non-hydrogen) atoms. The molecule has 1 nitrogen and oxygen atoms in total. The van der Waals surface area contributed by atoms with E-state index in [4.69, 9.17) is 12.6 Å². The fourth-order valence-corrected chi connectivity index (χ4v) is 6.27. The van der Waals surface area contributed by atoms with Crippen molar-refractivity contribution in [2.24, 2.45) is 0 Å². The number of benzene rings is 8. The Bertz CT molecular complexity index is 3000. The lowest BCUT2D eigenvalue weighted by atomic mass is 9.84. The van der Waals surface area contributed by atoms with Crippen LogP contribution in [0.1, 0.15) is 13.7 Å². The molecule has 8 aromatic carbocycles. The molecule has 0 saturated heterocycles. The fraction of sp³-hybridized carbons (Fsp3) is 0. The van der Waals surface area contributed by atoms with E-state index in [1.165, 1.54) is 0 Å². The van der Waals surface area contributed by atoms with E-state index in [1.54, 1.807) is 48.5 Å². The van der Waals surface area contributed by atoms with E-state index in [0.29, 0.717) is 49.4 Å². The Kier molecular flexibility index (Phi) is 4.01. The molecule has 9 rings (SSSR count). The van der Waals surface area contributed by atoms with Gasteiger partial charge in [0.1, 0.15) is 11.2 Å². The highest BCUT2D eigenvalue weighted by Crippen LogP contribution is 2.48. The summed E-state index contributed by atoms with van der Waals surface area (Å²) >= 11 is 0. The molecule has 0 spiro atoms. The Morgan fingerprint density at radius 2 is 0.889 bits per heavy atom. The maximum Gasteiger partial charge on any atom is 0.136 e. The molecule has 0 atom stereocenters. The fourth-order valence-electron chi connectivity index (χ4n) is 6.27. The Labute approximate surface area is 275 Å². The van der Waals surface area contributed by atoms with Crippen molar-refractivity contribution in [3.05, 3.63) is 170 Å². The first-order valence-electron chi connectivity index (χ1n) is 19.6. The number of para-hydroxylation sites is 1. The molecule has 1 aromatic heterocycles. The van der Waals surface area contributed by atoms with Crippen molar-refractivity contribution in [2.45, 2.75) is 0 Å². The van der Waals surface area contributed by atoms with Gasteiger partial charge in [-0.05, 0) is 84.2 Å². The van der Waals surface area contributed by atoms with E-state index < -0.39 is 18.1 Å². The molecule has 0 fully saturated rings. The van der Waals surface area contributed by atoms with Gasteiger partial charge in [0.05, 0.1) is 13.7 Å². The monoisotopic (exact) mass is 582 g/mol. The Hall–Kier alpha value is -5.92. The van der Waals surface area contributed by atoms with Crippen LogP contribution in [0.25, 0.3) is 88.0 Å². The average Bonchev–Trinajstić information content (AvgIpc) is 3.61. The summed E-state index contributed by atoms with van der Waals surface area (Å²) in [6.07, 6.45) is 0. The van der Waals surface area contributed by atoms with Crippen LogP contribution >= 0.6 is 0 Å². The van der Waals surface area contributed by atoms with Crippen molar-refractivity contribution in [1.82, 2.24) is 0 Å². The number of hydrogen-bond donors (Lipinski definition) is 0. The Morgan fingerprint density at radius 1 is 0.378 bits per heavy atom. The lowest BCUT2D eigenvalue weighted by Crippen LogP contribution is -1.92. The van der Waals surface area contributed by atoms with Gasteiger partial charge < -0.3 is 4.42 Å². The Morgan fingerprint density at radius 3 is 1.51 bits per heavy atom. The molecule has 0 aliphatic carbocycles. The first-order chi connectivity index (χ1) is 26.5. The van der Waals surface area contributed by atoms with E-state index in [-0.39, 0.29) is 80.9 Å². The summed E-state index contributed by atoms with van der Waals surface area (Å²) in [6, 6.07) is 30.0. The van der Waals surface area contributed by atoms with Crippen LogP contribution in [-0.4, -0.2) is 0 Å². The molecule has 0 unspecified atom stereocenters. The summed E-state index contributed by atoms with van der Waals surface area (Å²) in [5.41, 5.74) is 2.94. The third-order valence-electron chi connectivity index (χ3n) is 8.25. The second-order valence-corrected chi connectivity index (χ2v) is 10.8. The van der Waals surface area contributed by atoms with Crippen molar-refractivity contribution in [2.75, 3.05) is 0 Å². The topological polar surface area (TPSA) is 13.1 Å². The van der Waals surface area contributed by atoms with Crippen LogP contribution in [0.15, 0.2) is 174 Å². The largest absolute Gasteiger partial charge is 0.456 e. The maximum atomic E-state index is 9.91. The summed E-state index contributed by atoms with van der Waals surface area (Å²) in [5, 5.41) is 2.64. The number of rotatable bonds is 4. The highest BCUT2D eigenvalue weighted by Gasteiger charge is 2.21. The van der Waals surface area contributed by atoms with Crippen LogP contribution in [-0.2, 0) is 0 Å². The molecule has 1 heterocycles. The zero-order valence-corrected chi connectivity index (χ0v) is 23.8. The normalized spacial score (nSPS) is 14.7. The average molecular weight is 583 g/mol. The van der Waals surface area contributed by atoms with E-state index in [1.807, 2.05) is 60.7 Å². The lowest BCUT2D eigenvalue weighted by Gasteiger charge is -2.19. The first kappa shape index (κ1) is 17.4. The van der Waals surface area contributed by atoms with Crippen LogP contribution in [0.5, 0.6) is 0 Å². The van der Waals surface area contributed by atoms with Gasteiger partial charge in [0.15, 0.2) is 0 Å². The summed E-state index contributed by atoms with van der Waals surface area (Å²) < 4.78 is 97.2. The molecule has 0 aliphatic heterocycles. The van der Waals surface area contributed by atoms with Crippen LogP contribution in [0.3, 0.4) is 0 Å². The smallest absolute Gasteiger partial charge is 0.136 e. The minimum atomic E-state index is -0.475. The number of fused-ring (bicyclic) bond motifs is 5. The van der Waals surface area contributed by atoms with E-state index in [9.17, 15) is 5.48 Å². The van der Waals surface area contributed by atoms with Crippen molar-refractivity contribution < 1.29 is 18.1 Å². The van der Waals surface area contributed by atoms with Gasteiger partial charge in [-0.15, -0.1) is 0 Å². The number of hydrogen-bond acceptors (Lipinski definition) is 1. The zero-order chi connectivity index (χ0) is 38.4. The third-order valence-corrected chi connectivity index (χ3v) is 8.25. The summed E-state index contributed by atoms with van der Waals surface area (Å²) in [6.45, 7) is 0. The number of furan rings is 1. The molecular formula is C44H28O. The minimum Gasteiger partial charge on any atom is -0.456 e. The van der Waals surface area contributed by atoms with Gasteiger partial charge in [0.2, 0.25) is 0 Å². The molecule has 0 aliphatic rings. The molecule has 0 saturated carbocycles. The predicted molar refractivity (Wildman–Crippen MR) is 190 cm³/mol. The van der Waals surface area contributed by atoms with Gasteiger partial charge in [-0.2, -0.15) is 0 Å². The van der Waals surface area contributed by atoms with Crippen molar-refractivity contribution in [3.63, 3.8) is 0 Å². The molecular weight excluding hydrogens is 544 g/mol. The molecule has 0 bridgehead atoms. The van der Waals surface area contributed by atoms with Gasteiger partial charge in [0, 0.05) is 10.8 Å². The zero-order valence-electron chi connectivity index (χ0n) is 33.8. The third kappa shape index (κ3) is 4.17. The minimum absolute atomic E-state index is 0.0141. The van der Waals surface area contributed by atoms with Crippen molar-refractivity contribution in [3.8, 4) is 44.5 Å². The van der Waals surface area contributed by atoms with E-state index in [2.05, 4.69) is 0 Å². The summed E-state index contributed by atoms with van der Waals surface area (Å²) in [7, 11) is 0. The van der Waals surface area contributed by atoms with Crippen LogP contribution in [0.2, 0.25) is 0 Å². The molecule has 1 heteroatoms. The van der Waals surface area contributed by atoms with Gasteiger partial charge in [-0.3, -0.25) is 0 Å². The SMILES string of the molecule is [2H]c1c([2H])c(-c2c3ccccc3c(-c3c([2H])c(-c4ccccc4)c([2H])c4oc5c([2H])c([2H])c([2H])c([2H])c5c34)c3ccccc23)c([2H])c([2H])c1-c1ccccc1. The first-order valence-corrected chi connectivity index (χ1v) is 14.6. The standard InChI is InChI=1S/C44H28O/c1-3-13-29(14-4-1)31-23-25-32(26-24-31)42-34-17-7-9-19-36(34)43(37-20-10-8-18-35(37)42)39-27-33(30-15-5-2-6-16-30)28-41-44(39)38-21-11-12-22-40(38)45-41/h1-28H/i11D,12D,21D,22D,23D,24D,25D,26D,27D,28D. The Balaban J connectivity index is 1.50. The van der Waals surface area contributed by atoms with Crippen LogP contribution in [0.4, 0.5) is 0 Å². The highest BCUT2D eigenvalue weighted by atomic mass is 16.3. The molecule has 9 aromatic rings. The second-order valence-electron chi connectivity index (χ2n) is 10.8. The van der Waals surface area contributed by atoms with Gasteiger partial charge in [-0.25, -0.2) is 0 Å². The van der Waals surface area contributed by atoms with E-state index in [0.717, 1.165) is 0 Å². The second kappa shape index (κ2) is 10.4. The maximum absolute atomic E-state index is 9.91. The van der Waals surface area contributed by atoms with Crippen molar-refractivity contribution in [1.29, 1.82) is 0 Å². The summed E-state index contributed by atoms with van der Waals surface area (Å²) in [5.74, 6) is 0. The molecule has 0 radical (unpaired) electrons. The van der Waals surface area contributed by atoms with Crippen LogP contribution in [0, 0.1) is 0 Å². The molecule has 210 valence electrons. The van der Waals surface area contributed by atoms with E-state index >= 15 is 0 Å². The quantitative estimate of drug-likeness (QED) is 0.188. The van der Waals surface area contributed by atoms with Crippen molar-refractivity contribution >= 4 is 43.5 Å². The molecule has 0 N–H and O–H groups in total. The van der Waals surface area contributed by atoms with Gasteiger partial charge in [0.25, 0.3) is 0 Å². The highest BCUT2D eigenvalue weighted by molar-refractivity contribution is 6.26. The van der Waals surface area contributed by atoms with Crippen LogP contribution < -0.4 is 0 Å². The summed E-state index contributed by atoms with van der Waals surface area (Å²) in [4.78, 5) is 0. The lowest BCUT2D eigenvalue weighted by molar-refractivity contribution is 0.669.